The first kappa shape index (κ1) is 12.4. The first-order valence-corrected chi connectivity index (χ1v) is 6.12. The molecule has 2 aromatic rings. The molecule has 0 amide bonds. The lowest BCUT2D eigenvalue weighted by atomic mass is 10.1. The summed E-state index contributed by atoms with van der Waals surface area (Å²) in [5.41, 5.74) is 0.0448. The molecule has 0 N–H and O–H groups in total. The zero-order chi connectivity index (χ0) is 13.6. The van der Waals surface area contributed by atoms with Gasteiger partial charge in [0, 0.05) is 23.6 Å². The van der Waals surface area contributed by atoms with E-state index in [0.717, 1.165) is 18.9 Å². The molecule has 19 heavy (non-hydrogen) atoms. The van der Waals surface area contributed by atoms with Crippen LogP contribution in [0.1, 0.15) is 24.6 Å². The lowest BCUT2D eigenvalue weighted by molar-refractivity contribution is 0.496. The van der Waals surface area contributed by atoms with Crippen molar-refractivity contribution >= 4 is 11.6 Å². The summed E-state index contributed by atoms with van der Waals surface area (Å²) < 4.78 is 39.8. The average molecular weight is 285 g/mol. The fourth-order valence-corrected chi connectivity index (χ4v) is 2.01. The smallest absolute Gasteiger partial charge is 0.161 e. The maximum Gasteiger partial charge on any atom is 0.161 e. The topological polar surface area (TPSA) is 25.8 Å². The zero-order valence-corrected chi connectivity index (χ0v) is 10.4. The molecule has 0 unspecified atom stereocenters. The Hall–Kier alpha value is -1.62. The molecule has 1 fully saturated rings. The van der Waals surface area contributed by atoms with Crippen LogP contribution in [0.4, 0.5) is 13.2 Å². The Morgan fingerprint density at radius 3 is 2.32 bits per heavy atom. The van der Waals surface area contributed by atoms with Crippen molar-refractivity contribution in [2.75, 3.05) is 0 Å². The number of benzene rings is 1. The third-order valence-corrected chi connectivity index (χ3v) is 3.13. The third-order valence-electron chi connectivity index (χ3n) is 2.94. The van der Waals surface area contributed by atoms with E-state index in [2.05, 4.69) is 9.97 Å². The predicted molar refractivity (Wildman–Crippen MR) is 64.3 cm³/mol. The molecule has 0 spiro atoms. The summed E-state index contributed by atoms with van der Waals surface area (Å²) in [6.45, 7) is 0. The number of halogens is 4. The molecule has 3 rings (SSSR count). The van der Waals surface area contributed by atoms with Crippen LogP contribution in [-0.2, 0) is 0 Å². The fraction of sp³-hybridized carbons (Fsp3) is 0.231. The van der Waals surface area contributed by atoms with Crippen molar-refractivity contribution in [1.82, 2.24) is 9.97 Å². The molecule has 1 aliphatic carbocycles. The second kappa shape index (κ2) is 4.49. The van der Waals surface area contributed by atoms with Gasteiger partial charge in [0.15, 0.2) is 11.6 Å². The molecule has 1 aromatic heterocycles. The van der Waals surface area contributed by atoms with Gasteiger partial charge in [-0.25, -0.2) is 23.1 Å². The van der Waals surface area contributed by atoms with E-state index in [-0.39, 0.29) is 22.3 Å². The van der Waals surface area contributed by atoms with E-state index in [1.54, 1.807) is 0 Å². The summed E-state index contributed by atoms with van der Waals surface area (Å²) in [4.78, 5) is 8.23. The van der Waals surface area contributed by atoms with Gasteiger partial charge in [0.2, 0.25) is 0 Å². The van der Waals surface area contributed by atoms with Gasteiger partial charge in [-0.05, 0) is 18.9 Å². The highest BCUT2D eigenvalue weighted by Gasteiger charge is 2.27. The van der Waals surface area contributed by atoms with Gasteiger partial charge < -0.3 is 0 Å². The Labute approximate surface area is 112 Å². The highest BCUT2D eigenvalue weighted by molar-refractivity contribution is 6.29. The Bertz CT molecular complexity index is 657. The minimum absolute atomic E-state index is 0.120. The number of hydrogen-bond donors (Lipinski definition) is 0. The molecule has 1 heterocycles. The Morgan fingerprint density at radius 2 is 1.63 bits per heavy atom. The van der Waals surface area contributed by atoms with Crippen LogP contribution in [0.15, 0.2) is 18.2 Å². The summed E-state index contributed by atoms with van der Waals surface area (Å²) in [6.07, 6.45) is 1.92. The summed E-state index contributed by atoms with van der Waals surface area (Å²) in [5.74, 6) is -2.49. The maximum absolute atomic E-state index is 13.7. The van der Waals surface area contributed by atoms with Crippen molar-refractivity contribution in [3.63, 3.8) is 0 Å². The number of rotatable bonds is 2. The van der Waals surface area contributed by atoms with E-state index in [0.29, 0.717) is 11.9 Å². The van der Waals surface area contributed by atoms with Crippen LogP contribution in [-0.4, -0.2) is 9.97 Å². The first-order valence-electron chi connectivity index (χ1n) is 5.74. The molecule has 0 atom stereocenters. The lowest BCUT2D eigenvalue weighted by Crippen LogP contribution is -1.98. The molecule has 1 aromatic carbocycles. The molecule has 2 nitrogen and oxygen atoms in total. The van der Waals surface area contributed by atoms with E-state index >= 15 is 0 Å². The summed E-state index contributed by atoms with van der Waals surface area (Å²) in [6, 6.07) is 2.61. The van der Waals surface area contributed by atoms with Crippen molar-refractivity contribution in [3.05, 3.63) is 46.6 Å². The van der Waals surface area contributed by atoms with Crippen molar-refractivity contribution in [1.29, 1.82) is 0 Å². The number of hydrogen-bond acceptors (Lipinski definition) is 2. The molecule has 98 valence electrons. The Morgan fingerprint density at radius 1 is 0.947 bits per heavy atom. The van der Waals surface area contributed by atoms with Crippen molar-refractivity contribution in [2.45, 2.75) is 18.8 Å². The SMILES string of the molecule is Fc1cc(F)c(-c2cc(Cl)nc(C3CC3)n2)cc1F. The molecule has 0 saturated heterocycles. The average Bonchev–Trinajstić information content (AvgIpc) is 3.17. The van der Waals surface area contributed by atoms with Crippen LogP contribution >= 0.6 is 11.6 Å². The van der Waals surface area contributed by atoms with Gasteiger partial charge >= 0.3 is 0 Å². The quantitative estimate of drug-likeness (QED) is 0.613. The second-order valence-electron chi connectivity index (χ2n) is 4.45. The highest BCUT2D eigenvalue weighted by Crippen LogP contribution is 2.39. The predicted octanol–water partition coefficient (Wildman–Crippen LogP) is 4.09. The molecule has 6 heteroatoms. The summed E-state index contributed by atoms with van der Waals surface area (Å²) >= 11 is 5.85. The number of aromatic nitrogens is 2. The first-order chi connectivity index (χ1) is 9.04. The van der Waals surface area contributed by atoms with E-state index in [1.807, 2.05) is 0 Å². The minimum Gasteiger partial charge on any atom is -0.232 e. The van der Waals surface area contributed by atoms with Gasteiger partial charge in [-0.1, -0.05) is 11.6 Å². The second-order valence-corrected chi connectivity index (χ2v) is 4.84. The van der Waals surface area contributed by atoms with Crippen molar-refractivity contribution in [2.24, 2.45) is 0 Å². The third kappa shape index (κ3) is 2.42. The van der Waals surface area contributed by atoms with Crippen LogP contribution < -0.4 is 0 Å². The van der Waals surface area contributed by atoms with E-state index in [1.165, 1.54) is 6.07 Å². The Balaban J connectivity index is 2.13. The molecular weight excluding hydrogens is 277 g/mol. The van der Waals surface area contributed by atoms with E-state index in [4.69, 9.17) is 11.6 Å². The van der Waals surface area contributed by atoms with Crippen molar-refractivity contribution in [3.8, 4) is 11.3 Å². The van der Waals surface area contributed by atoms with Crippen LogP contribution in [0, 0.1) is 17.5 Å². The van der Waals surface area contributed by atoms with Gasteiger partial charge in [0.25, 0.3) is 0 Å². The summed E-state index contributed by atoms with van der Waals surface area (Å²) in [7, 11) is 0. The molecule has 0 bridgehead atoms. The molecule has 1 aliphatic rings. The minimum atomic E-state index is -1.23. The standard InChI is InChI=1S/C13H8ClF3N2/c14-12-5-11(18-13(19-12)6-1-2-6)7-3-9(16)10(17)4-8(7)15/h3-6H,1-2H2. The fourth-order valence-electron chi connectivity index (χ4n) is 1.82. The van der Waals surface area contributed by atoms with Gasteiger partial charge in [0.1, 0.15) is 16.8 Å². The molecule has 0 aliphatic heterocycles. The zero-order valence-electron chi connectivity index (χ0n) is 9.63. The van der Waals surface area contributed by atoms with Crippen LogP contribution in [0.3, 0.4) is 0 Å². The summed E-state index contributed by atoms with van der Waals surface area (Å²) in [5, 5.41) is 0.163. The molecule has 0 radical (unpaired) electrons. The van der Waals surface area contributed by atoms with Crippen LogP contribution in [0.2, 0.25) is 5.15 Å². The van der Waals surface area contributed by atoms with Crippen molar-refractivity contribution < 1.29 is 13.2 Å². The highest BCUT2D eigenvalue weighted by atomic mass is 35.5. The van der Waals surface area contributed by atoms with Gasteiger partial charge in [-0.3, -0.25) is 0 Å². The largest absolute Gasteiger partial charge is 0.232 e. The maximum atomic E-state index is 13.7. The van der Waals surface area contributed by atoms with Crippen LogP contribution in [0.5, 0.6) is 0 Å². The van der Waals surface area contributed by atoms with Gasteiger partial charge in [-0.15, -0.1) is 0 Å². The van der Waals surface area contributed by atoms with Crippen LogP contribution in [0.25, 0.3) is 11.3 Å². The normalized spacial score (nSPS) is 14.7. The molecule has 1 saturated carbocycles. The molecular formula is C13H8ClF3N2. The van der Waals surface area contributed by atoms with Gasteiger partial charge in [0.05, 0.1) is 5.69 Å². The van der Waals surface area contributed by atoms with Gasteiger partial charge in [-0.2, -0.15) is 0 Å². The lowest BCUT2D eigenvalue weighted by Gasteiger charge is -2.06. The number of nitrogens with zero attached hydrogens (tertiary/aromatic N) is 2. The van der Waals surface area contributed by atoms with E-state index in [9.17, 15) is 13.2 Å². The monoisotopic (exact) mass is 284 g/mol. The Kier molecular flexibility index (Phi) is 2.93. The van der Waals surface area contributed by atoms with E-state index < -0.39 is 17.5 Å².